The number of hydrogen-bond acceptors (Lipinski definition) is 3. The van der Waals surface area contributed by atoms with Crippen LogP contribution in [0.2, 0.25) is 0 Å². The molecule has 0 aliphatic heterocycles. The van der Waals surface area contributed by atoms with Crippen LogP contribution in [0.4, 0.5) is 11.4 Å². The molecule has 142 valence electrons. The molecule has 0 saturated heterocycles. The van der Waals surface area contributed by atoms with Gasteiger partial charge in [0, 0.05) is 15.5 Å². The first-order chi connectivity index (χ1) is 13.5. The lowest BCUT2D eigenvalue weighted by molar-refractivity contribution is -0.133. The van der Waals surface area contributed by atoms with Gasteiger partial charge in [-0.2, -0.15) is 0 Å². The van der Waals surface area contributed by atoms with E-state index in [1.165, 1.54) is 17.3 Å². The lowest BCUT2D eigenvalue weighted by Gasteiger charge is -2.11. The van der Waals surface area contributed by atoms with Gasteiger partial charge in [-0.1, -0.05) is 68.1 Å². The van der Waals surface area contributed by atoms with E-state index in [0.717, 1.165) is 9.79 Å². The van der Waals surface area contributed by atoms with E-state index >= 15 is 0 Å². The number of nitrogens with one attached hydrogen (secondary N) is 2. The summed E-state index contributed by atoms with van der Waals surface area (Å²) in [5, 5.41) is 5.35. The lowest BCUT2D eigenvalue weighted by atomic mass is 10.0. The minimum absolute atomic E-state index is 0.409. The van der Waals surface area contributed by atoms with Crippen LogP contribution in [-0.2, 0) is 9.59 Å². The number of carbonyl (C=O) groups is 2. The quantitative estimate of drug-likeness (QED) is 0.563. The molecule has 0 bridgehead atoms. The topological polar surface area (TPSA) is 58.2 Å². The Hall–Kier alpha value is -3.05. The number of anilines is 2. The maximum absolute atomic E-state index is 12.4. The van der Waals surface area contributed by atoms with E-state index in [9.17, 15) is 9.59 Å². The molecule has 3 rings (SSSR count). The van der Waals surface area contributed by atoms with Crippen LogP contribution in [0.15, 0.2) is 88.7 Å². The van der Waals surface area contributed by atoms with Crippen LogP contribution in [0.3, 0.4) is 0 Å². The molecule has 3 aromatic carbocycles. The minimum Gasteiger partial charge on any atom is -0.318 e. The van der Waals surface area contributed by atoms with Crippen molar-refractivity contribution in [3.8, 4) is 0 Å². The molecule has 0 spiro atoms. The second-order valence-corrected chi connectivity index (χ2v) is 7.71. The average molecular weight is 391 g/mol. The molecule has 0 aliphatic rings. The summed E-state index contributed by atoms with van der Waals surface area (Å²) < 4.78 is 0. The fourth-order valence-electron chi connectivity index (χ4n) is 2.59. The van der Waals surface area contributed by atoms with Gasteiger partial charge in [-0.3, -0.25) is 9.59 Å². The molecule has 0 heterocycles. The zero-order chi connectivity index (χ0) is 19.9. The molecule has 2 amide bonds. The molecule has 2 N–H and O–H groups in total. The molecule has 28 heavy (non-hydrogen) atoms. The van der Waals surface area contributed by atoms with Crippen molar-refractivity contribution in [1.82, 2.24) is 0 Å². The molecule has 0 aliphatic carbocycles. The Labute approximate surface area is 169 Å². The van der Waals surface area contributed by atoms with Gasteiger partial charge in [0.25, 0.3) is 0 Å². The Morgan fingerprint density at radius 2 is 1.36 bits per heavy atom. The number of carbonyl (C=O) groups excluding carboxylic acids is 2. The average Bonchev–Trinajstić information content (AvgIpc) is 2.70. The molecular formula is C23H22N2O2S. The van der Waals surface area contributed by atoms with Gasteiger partial charge in [0.1, 0.15) is 0 Å². The van der Waals surface area contributed by atoms with Gasteiger partial charge in [-0.05, 0) is 47.9 Å². The summed E-state index contributed by atoms with van der Waals surface area (Å²) in [7, 11) is 0. The SMILES string of the molecule is CC(C)c1ccc(NC(=O)C(=O)Nc2ccccc2Sc2ccccc2)cc1. The molecule has 0 fully saturated rings. The first-order valence-corrected chi connectivity index (χ1v) is 9.89. The van der Waals surface area contributed by atoms with Crippen molar-refractivity contribution in [2.45, 2.75) is 29.6 Å². The van der Waals surface area contributed by atoms with Crippen LogP contribution in [0.5, 0.6) is 0 Å². The van der Waals surface area contributed by atoms with Crippen LogP contribution in [0.25, 0.3) is 0 Å². The zero-order valence-corrected chi connectivity index (χ0v) is 16.6. The smallest absolute Gasteiger partial charge is 0.314 e. The standard InChI is InChI=1S/C23H22N2O2S/c1-16(2)17-12-14-18(15-13-17)24-22(26)23(27)25-20-10-6-7-11-21(20)28-19-8-4-3-5-9-19/h3-16H,1-2H3,(H,24,26)(H,25,27). The van der Waals surface area contributed by atoms with Crippen LogP contribution in [0, 0.1) is 0 Å². The molecule has 5 heteroatoms. The number of rotatable bonds is 5. The highest BCUT2D eigenvalue weighted by molar-refractivity contribution is 7.99. The number of para-hydroxylation sites is 1. The van der Waals surface area contributed by atoms with Crippen molar-refractivity contribution >= 4 is 35.0 Å². The molecule has 4 nitrogen and oxygen atoms in total. The van der Waals surface area contributed by atoms with Gasteiger partial charge in [0.15, 0.2) is 0 Å². The molecular weight excluding hydrogens is 368 g/mol. The first kappa shape index (κ1) is 19.7. The monoisotopic (exact) mass is 390 g/mol. The van der Waals surface area contributed by atoms with Crippen molar-refractivity contribution in [3.05, 3.63) is 84.4 Å². The van der Waals surface area contributed by atoms with Crippen LogP contribution >= 0.6 is 11.8 Å². The third-order valence-electron chi connectivity index (χ3n) is 4.15. The van der Waals surface area contributed by atoms with Crippen molar-refractivity contribution in [2.75, 3.05) is 10.6 Å². The Morgan fingerprint density at radius 3 is 2.04 bits per heavy atom. The van der Waals surface area contributed by atoms with E-state index in [-0.39, 0.29) is 0 Å². The fraction of sp³-hybridized carbons (Fsp3) is 0.130. The minimum atomic E-state index is -0.700. The summed E-state index contributed by atoms with van der Waals surface area (Å²) in [5.74, 6) is -0.988. The van der Waals surface area contributed by atoms with Gasteiger partial charge in [-0.15, -0.1) is 0 Å². The Balaban J connectivity index is 1.66. The van der Waals surface area contributed by atoms with Gasteiger partial charge >= 0.3 is 11.8 Å². The van der Waals surface area contributed by atoms with E-state index in [1.807, 2.05) is 60.7 Å². The molecule has 0 saturated carbocycles. The highest BCUT2D eigenvalue weighted by Crippen LogP contribution is 2.33. The summed E-state index contributed by atoms with van der Waals surface area (Å²) in [4.78, 5) is 26.6. The van der Waals surface area contributed by atoms with E-state index < -0.39 is 11.8 Å². The predicted molar refractivity (Wildman–Crippen MR) is 115 cm³/mol. The van der Waals surface area contributed by atoms with Crippen molar-refractivity contribution in [2.24, 2.45) is 0 Å². The maximum atomic E-state index is 12.4. The third kappa shape index (κ3) is 5.24. The highest BCUT2D eigenvalue weighted by Gasteiger charge is 2.16. The fourth-order valence-corrected chi connectivity index (χ4v) is 3.52. The summed E-state index contributed by atoms with van der Waals surface area (Å²) >= 11 is 1.53. The van der Waals surface area contributed by atoms with Gasteiger partial charge in [0.05, 0.1) is 5.69 Å². The van der Waals surface area contributed by atoms with E-state index in [0.29, 0.717) is 17.3 Å². The van der Waals surface area contributed by atoms with Crippen LogP contribution < -0.4 is 10.6 Å². The van der Waals surface area contributed by atoms with E-state index in [4.69, 9.17) is 0 Å². The van der Waals surface area contributed by atoms with Gasteiger partial charge in [-0.25, -0.2) is 0 Å². The zero-order valence-electron chi connectivity index (χ0n) is 15.8. The number of benzene rings is 3. The lowest BCUT2D eigenvalue weighted by Crippen LogP contribution is -2.29. The van der Waals surface area contributed by atoms with Gasteiger partial charge in [0.2, 0.25) is 0 Å². The normalized spacial score (nSPS) is 10.5. The molecule has 0 unspecified atom stereocenters. The third-order valence-corrected chi connectivity index (χ3v) is 5.23. The molecule has 0 atom stereocenters. The largest absolute Gasteiger partial charge is 0.318 e. The number of amides is 2. The summed E-state index contributed by atoms with van der Waals surface area (Å²) in [6.45, 7) is 4.21. The highest BCUT2D eigenvalue weighted by atomic mass is 32.2. The van der Waals surface area contributed by atoms with Crippen molar-refractivity contribution in [1.29, 1.82) is 0 Å². The maximum Gasteiger partial charge on any atom is 0.314 e. The van der Waals surface area contributed by atoms with E-state index in [1.54, 1.807) is 18.2 Å². The molecule has 3 aromatic rings. The summed E-state index contributed by atoms with van der Waals surface area (Å²) in [6, 6.07) is 24.8. The van der Waals surface area contributed by atoms with Crippen LogP contribution in [0.1, 0.15) is 25.3 Å². The summed E-state index contributed by atoms with van der Waals surface area (Å²) in [5.41, 5.74) is 2.37. The first-order valence-electron chi connectivity index (χ1n) is 9.07. The Bertz CT molecular complexity index is 954. The summed E-state index contributed by atoms with van der Waals surface area (Å²) in [6.07, 6.45) is 0. The van der Waals surface area contributed by atoms with Crippen molar-refractivity contribution < 1.29 is 9.59 Å². The number of hydrogen-bond donors (Lipinski definition) is 2. The molecule has 0 aromatic heterocycles. The molecule has 0 radical (unpaired) electrons. The van der Waals surface area contributed by atoms with Crippen LogP contribution in [-0.4, -0.2) is 11.8 Å². The van der Waals surface area contributed by atoms with Gasteiger partial charge < -0.3 is 10.6 Å². The predicted octanol–water partition coefficient (Wildman–Crippen LogP) is 5.54. The van der Waals surface area contributed by atoms with Crippen molar-refractivity contribution in [3.63, 3.8) is 0 Å². The second kappa shape index (κ2) is 9.24. The Kier molecular flexibility index (Phi) is 6.50. The second-order valence-electron chi connectivity index (χ2n) is 6.60. The Morgan fingerprint density at radius 1 is 0.750 bits per heavy atom. The van der Waals surface area contributed by atoms with E-state index in [2.05, 4.69) is 24.5 Å².